The van der Waals surface area contributed by atoms with Crippen LogP contribution in [0.15, 0.2) is 18.2 Å². The van der Waals surface area contributed by atoms with E-state index in [4.69, 9.17) is 23.2 Å². The van der Waals surface area contributed by atoms with Gasteiger partial charge in [-0.15, -0.1) is 12.4 Å². The van der Waals surface area contributed by atoms with Crippen LogP contribution in [0, 0.1) is 0 Å². The zero-order chi connectivity index (χ0) is 18.5. The Balaban J connectivity index is 0.00000261. The van der Waals surface area contributed by atoms with E-state index in [1.54, 1.807) is 23.1 Å². The fourth-order valence-electron chi connectivity index (χ4n) is 3.47. The number of hydrogen-bond donors (Lipinski definition) is 2. The number of carbonyl (C=O) groups excluding carboxylic acids is 2. The van der Waals surface area contributed by atoms with Crippen molar-refractivity contribution in [1.82, 2.24) is 20.4 Å². The molecular weight excluding hydrogens is 411 g/mol. The molecule has 2 fully saturated rings. The Hall–Kier alpha value is -1.05. The monoisotopic (exact) mass is 434 g/mol. The summed E-state index contributed by atoms with van der Waals surface area (Å²) in [6.45, 7) is 5.99. The van der Waals surface area contributed by atoms with Crippen molar-refractivity contribution in [2.75, 3.05) is 45.8 Å². The molecule has 1 aromatic rings. The Kier molecular flexibility index (Phi) is 8.63. The highest BCUT2D eigenvalue weighted by Gasteiger charge is 2.34. The summed E-state index contributed by atoms with van der Waals surface area (Å²) in [7, 11) is 0. The summed E-state index contributed by atoms with van der Waals surface area (Å²) in [5.41, 5.74) is 0.458. The highest BCUT2D eigenvalue weighted by molar-refractivity contribution is 6.42. The van der Waals surface area contributed by atoms with Crippen molar-refractivity contribution < 1.29 is 9.59 Å². The van der Waals surface area contributed by atoms with Crippen molar-refractivity contribution in [3.63, 3.8) is 0 Å². The lowest BCUT2D eigenvalue weighted by molar-refractivity contribution is -0.124. The van der Waals surface area contributed by atoms with Crippen molar-refractivity contribution in [1.29, 1.82) is 0 Å². The molecule has 0 bridgehead atoms. The Morgan fingerprint density at radius 1 is 1.15 bits per heavy atom. The number of halogens is 3. The number of carbonyl (C=O) groups is 2. The van der Waals surface area contributed by atoms with Gasteiger partial charge in [0, 0.05) is 51.4 Å². The second-order valence-corrected chi connectivity index (χ2v) is 7.48. The zero-order valence-electron chi connectivity index (χ0n) is 15.0. The van der Waals surface area contributed by atoms with E-state index in [9.17, 15) is 9.59 Å². The summed E-state index contributed by atoms with van der Waals surface area (Å²) in [5, 5.41) is 7.05. The molecule has 27 heavy (non-hydrogen) atoms. The van der Waals surface area contributed by atoms with Crippen LogP contribution < -0.4 is 10.6 Å². The lowest BCUT2D eigenvalue weighted by atomic mass is 10.1. The number of piperazine rings is 1. The van der Waals surface area contributed by atoms with E-state index in [-0.39, 0.29) is 24.2 Å². The van der Waals surface area contributed by atoms with Crippen LogP contribution in [0.4, 0.5) is 0 Å². The van der Waals surface area contributed by atoms with Gasteiger partial charge >= 0.3 is 0 Å². The highest BCUT2D eigenvalue weighted by Crippen LogP contribution is 2.25. The largest absolute Gasteiger partial charge is 0.353 e. The van der Waals surface area contributed by atoms with Gasteiger partial charge < -0.3 is 15.5 Å². The Bertz CT molecular complexity index is 668. The molecule has 3 rings (SSSR count). The maximum absolute atomic E-state index is 12.8. The van der Waals surface area contributed by atoms with Gasteiger partial charge in [0.25, 0.3) is 5.91 Å². The van der Waals surface area contributed by atoms with Crippen molar-refractivity contribution in [2.24, 2.45) is 0 Å². The van der Waals surface area contributed by atoms with Crippen LogP contribution in [0.25, 0.3) is 0 Å². The number of amides is 2. The molecule has 0 aromatic heterocycles. The molecule has 1 aromatic carbocycles. The van der Waals surface area contributed by atoms with Gasteiger partial charge in [0.1, 0.15) is 6.04 Å². The molecule has 150 valence electrons. The average Bonchev–Trinajstić information content (AvgIpc) is 3.14. The number of benzene rings is 1. The van der Waals surface area contributed by atoms with Crippen LogP contribution in [-0.2, 0) is 4.79 Å². The number of likely N-dealkylation sites (tertiary alicyclic amines) is 1. The minimum Gasteiger partial charge on any atom is -0.353 e. The number of hydrogen-bond acceptors (Lipinski definition) is 4. The Labute approximate surface area is 176 Å². The van der Waals surface area contributed by atoms with E-state index in [1.165, 1.54) is 0 Å². The first kappa shape index (κ1) is 22.2. The molecule has 2 N–H and O–H groups in total. The van der Waals surface area contributed by atoms with E-state index in [0.717, 1.165) is 39.1 Å². The molecule has 2 amide bonds. The third-order valence-corrected chi connectivity index (χ3v) is 5.66. The van der Waals surface area contributed by atoms with Crippen LogP contribution in [0.2, 0.25) is 10.0 Å². The van der Waals surface area contributed by atoms with Crippen LogP contribution in [0.1, 0.15) is 23.2 Å². The van der Waals surface area contributed by atoms with E-state index < -0.39 is 6.04 Å². The van der Waals surface area contributed by atoms with Gasteiger partial charge in [-0.3, -0.25) is 14.5 Å². The Morgan fingerprint density at radius 2 is 1.89 bits per heavy atom. The molecule has 2 aliphatic rings. The molecule has 0 spiro atoms. The highest BCUT2D eigenvalue weighted by atomic mass is 35.5. The molecule has 2 saturated heterocycles. The maximum atomic E-state index is 12.8. The maximum Gasteiger partial charge on any atom is 0.254 e. The SMILES string of the molecule is Cl.O=C(NCCN1CCNCC1)C1CCCN1C(=O)c1ccc(Cl)c(Cl)c1. The smallest absolute Gasteiger partial charge is 0.254 e. The zero-order valence-corrected chi connectivity index (χ0v) is 17.4. The van der Waals surface area contributed by atoms with Gasteiger partial charge in [-0.05, 0) is 31.0 Å². The minimum atomic E-state index is -0.417. The van der Waals surface area contributed by atoms with Gasteiger partial charge in [0.2, 0.25) is 5.91 Å². The topological polar surface area (TPSA) is 64.7 Å². The standard InChI is InChI=1S/C18H24Cl2N4O2.ClH/c19-14-4-3-13(12-15(14)20)18(26)24-8-1-2-16(24)17(25)22-7-11-23-9-5-21-6-10-23;/h3-4,12,16,21H,1-2,5-11H2,(H,22,25);1H. The quantitative estimate of drug-likeness (QED) is 0.743. The lowest BCUT2D eigenvalue weighted by Crippen LogP contribution is -2.49. The van der Waals surface area contributed by atoms with Gasteiger partial charge in [-0.25, -0.2) is 0 Å². The summed E-state index contributed by atoms with van der Waals surface area (Å²) in [5.74, 6) is -0.255. The molecule has 6 nitrogen and oxygen atoms in total. The summed E-state index contributed by atoms with van der Waals surface area (Å²) < 4.78 is 0. The predicted octanol–water partition coefficient (Wildman–Crippen LogP) is 2.04. The molecule has 2 heterocycles. The third kappa shape index (κ3) is 5.72. The summed E-state index contributed by atoms with van der Waals surface area (Å²) in [4.78, 5) is 29.3. The van der Waals surface area contributed by atoms with Gasteiger partial charge in [-0.2, -0.15) is 0 Å². The van der Waals surface area contributed by atoms with Crippen molar-refractivity contribution in [2.45, 2.75) is 18.9 Å². The molecule has 0 saturated carbocycles. The Morgan fingerprint density at radius 3 is 2.59 bits per heavy atom. The second kappa shape index (κ2) is 10.5. The fourth-order valence-corrected chi connectivity index (χ4v) is 3.77. The second-order valence-electron chi connectivity index (χ2n) is 6.67. The van der Waals surface area contributed by atoms with Gasteiger partial charge in [-0.1, -0.05) is 23.2 Å². The normalized spacial score (nSPS) is 20.2. The first-order valence-corrected chi connectivity index (χ1v) is 9.78. The number of nitrogens with zero attached hydrogens (tertiary/aromatic N) is 2. The van der Waals surface area contributed by atoms with E-state index in [2.05, 4.69) is 15.5 Å². The predicted molar refractivity (Wildman–Crippen MR) is 110 cm³/mol. The average molecular weight is 436 g/mol. The van der Waals surface area contributed by atoms with E-state index in [1.807, 2.05) is 0 Å². The number of rotatable bonds is 5. The molecule has 1 unspecified atom stereocenters. The van der Waals surface area contributed by atoms with Crippen LogP contribution in [0.5, 0.6) is 0 Å². The van der Waals surface area contributed by atoms with E-state index in [0.29, 0.717) is 35.1 Å². The fraction of sp³-hybridized carbons (Fsp3) is 0.556. The first-order valence-electron chi connectivity index (χ1n) is 9.03. The molecular formula is C18H25Cl3N4O2. The van der Waals surface area contributed by atoms with Crippen LogP contribution >= 0.6 is 35.6 Å². The van der Waals surface area contributed by atoms with Crippen molar-refractivity contribution >= 4 is 47.4 Å². The van der Waals surface area contributed by atoms with Crippen molar-refractivity contribution in [3.8, 4) is 0 Å². The number of nitrogens with one attached hydrogen (secondary N) is 2. The molecule has 2 aliphatic heterocycles. The summed E-state index contributed by atoms with van der Waals surface area (Å²) >= 11 is 11.9. The third-order valence-electron chi connectivity index (χ3n) is 4.92. The lowest BCUT2D eigenvalue weighted by Gasteiger charge is -2.28. The van der Waals surface area contributed by atoms with Crippen LogP contribution in [-0.4, -0.2) is 73.5 Å². The summed E-state index contributed by atoms with van der Waals surface area (Å²) in [6, 6.07) is 4.40. The first-order chi connectivity index (χ1) is 12.6. The van der Waals surface area contributed by atoms with E-state index >= 15 is 0 Å². The van der Waals surface area contributed by atoms with Gasteiger partial charge in [0.05, 0.1) is 10.0 Å². The molecule has 0 aliphatic carbocycles. The van der Waals surface area contributed by atoms with Crippen molar-refractivity contribution in [3.05, 3.63) is 33.8 Å². The minimum absolute atomic E-state index is 0. The molecule has 1 atom stereocenters. The van der Waals surface area contributed by atoms with Gasteiger partial charge in [0.15, 0.2) is 0 Å². The molecule has 9 heteroatoms. The van der Waals surface area contributed by atoms with Crippen LogP contribution in [0.3, 0.4) is 0 Å². The summed E-state index contributed by atoms with van der Waals surface area (Å²) in [6.07, 6.45) is 1.51. The molecule has 0 radical (unpaired) electrons.